The molecule has 3 aromatic heterocycles. The number of rotatable bonds is 10. The highest BCUT2D eigenvalue weighted by Crippen LogP contribution is 2.43. The molecule has 0 N–H and O–H groups in total. The smallest absolute Gasteiger partial charge is 0.137 e. The van der Waals surface area contributed by atoms with E-state index in [0.717, 1.165) is 51.8 Å². The number of aryl methyl sites for hydroxylation is 1. The topological polar surface area (TPSA) is 44.9 Å². The van der Waals surface area contributed by atoms with E-state index < -0.39 is 0 Å². The van der Waals surface area contributed by atoms with E-state index in [2.05, 4.69) is 184 Å². The van der Waals surface area contributed by atoms with Crippen LogP contribution in [-0.2, 0) is 11.8 Å². The Morgan fingerprint density at radius 1 is 0.661 bits per heavy atom. The molecular formula is C51H60N4O. The summed E-state index contributed by atoms with van der Waals surface area (Å²) < 4.78 is 11.3. The van der Waals surface area contributed by atoms with E-state index in [9.17, 15) is 0 Å². The maximum Gasteiger partial charge on any atom is 0.137 e. The molecule has 5 heteroatoms. The number of fused-ring (bicyclic) bond motifs is 3. The van der Waals surface area contributed by atoms with E-state index in [4.69, 9.17) is 14.8 Å². The third-order valence-corrected chi connectivity index (χ3v) is 11.2. The zero-order valence-electron chi connectivity index (χ0n) is 35.9. The predicted octanol–water partition coefficient (Wildman–Crippen LogP) is 14.3. The van der Waals surface area contributed by atoms with Crippen molar-refractivity contribution in [3.63, 3.8) is 0 Å². The molecule has 5 nitrogen and oxygen atoms in total. The lowest BCUT2D eigenvalue weighted by atomic mass is 9.81. The summed E-state index contributed by atoms with van der Waals surface area (Å²) >= 11 is 0. The van der Waals surface area contributed by atoms with Crippen LogP contribution < -0.4 is 4.74 Å². The Morgan fingerprint density at radius 3 is 1.98 bits per heavy atom. The minimum atomic E-state index is -0.113. The summed E-state index contributed by atoms with van der Waals surface area (Å²) in [5.74, 6) is 4.26. The van der Waals surface area contributed by atoms with Crippen molar-refractivity contribution in [2.45, 2.75) is 120 Å². The van der Waals surface area contributed by atoms with Gasteiger partial charge in [-0.05, 0) is 125 Å². The monoisotopic (exact) mass is 744 g/mol. The fourth-order valence-corrected chi connectivity index (χ4v) is 8.28. The van der Waals surface area contributed by atoms with E-state index in [1.54, 1.807) is 0 Å². The molecule has 7 aromatic rings. The van der Waals surface area contributed by atoms with Crippen LogP contribution >= 0.6 is 0 Å². The SMILES string of the molecule is Cc1nn(-c2cc(Oc3ccc4c5ccccc5n(-c5cc(CC(C)C)ccn5)c4c3)cc(C(C)(C)C)c2)c(C)c1-c1c(C(C)C)cc(C(C)C)cc1C(C)C. The highest BCUT2D eigenvalue weighted by Gasteiger charge is 2.26. The largest absolute Gasteiger partial charge is 0.457 e. The first-order valence-corrected chi connectivity index (χ1v) is 20.6. The molecule has 56 heavy (non-hydrogen) atoms. The van der Waals surface area contributed by atoms with Crippen LogP contribution in [0.5, 0.6) is 11.5 Å². The zero-order valence-corrected chi connectivity index (χ0v) is 35.9. The van der Waals surface area contributed by atoms with Gasteiger partial charge in [-0.3, -0.25) is 4.57 Å². The van der Waals surface area contributed by atoms with Gasteiger partial charge in [0.25, 0.3) is 0 Å². The normalized spacial score (nSPS) is 12.4. The van der Waals surface area contributed by atoms with Gasteiger partial charge < -0.3 is 4.74 Å². The summed E-state index contributed by atoms with van der Waals surface area (Å²) in [6, 6.07) is 30.9. The van der Waals surface area contributed by atoms with Gasteiger partial charge in [0.15, 0.2) is 0 Å². The van der Waals surface area contributed by atoms with Crippen LogP contribution in [0, 0.1) is 19.8 Å². The van der Waals surface area contributed by atoms with Gasteiger partial charge in [-0.2, -0.15) is 5.10 Å². The lowest BCUT2D eigenvalue weighted by Crippen LogP contribution is -2.12. The molecule has 0 fully saturated rings. The van der Waals surface area contributed by atoms with Gasteiger partial charge in [-0.25, -0.2) is 9.67 Å². The van der Waals surface area contributed by atoms with Crippen LogP contribution in [0.4, 0.5) is 0 Å². The molecule has 0 spiro atoms. The molecule has 0 atom stereocenters. The van der Waals surface area contributed by atoms with Crippen molar-refractivity contribution in [2.75, 3.05) is 0 Å². The van der Waals surface area contributed by atoms with E-state index in [1.807, 2.05) is 6.20 Å². The molecule has 290 valence electrons. The predicted molar refractivity (Wildman–Crippen MR) is 237 cm³/mol. The molecule has 0 aliphatic carbocycles. The van der Waals surface area contributed by atoms with Crippen molar-refractivity contribution in [3.05, 3.63) is 130 Å². The van der Waals surface area contributed by atoms with Crippen LogP contribution in [0.25, 0.3) is 44.4 Å². The van der Waals surface area contributed by atoms with Gasteiger partial charge in [0, 0.05) is 40.4 Å². The van der Waals surface area contributed by atoms with E-state index in [1.165, 1.54) is 49.7 Å². The Balaban J connectivity index is 1.36. The van der Waals surface area contributed by atoms with Crippen LogP contribution in [0.2, 0.25) is 0 Å². The third kappa shape index (κ3) is 7.41. The minimum Gasteiger partial charge on any atom is -0.457 e. The highest BCUT2D eigenvalue weighted by atomic mass is 16.5. The van der Waals surface area contributed by atoms with Crippen LogP contribution in [0.1, 0.15) is 133 Å². The van der Waals surface area contributed by atoms with Gasteiger partial charge in [-0.15, -0.1) is 0 Å². The molecule has 0 radical (unpaired) electrons. The Bertz CT molecular complexity index is 2520. The molecule has 0 bridgehead atoms. The van der Waals surface area contributed by atoms with E-state index in [-0.39, 0.29) is 5.41 Å². The van der Waals surface area contributed by atoms with Gasteiger partial charge in [0.1, 0.15) is 17.3 Å². The molecule has 0 saturated carbocycles. The number of para-hydroxylation sites is 1. The number of nitrogens with zero attached hydrogens (tertiary/aromatic N) is 4. The Morgan fingerprint density at radius 2 is 1.34 bits per heavy atom. The van der Waals surface area contributed by atoms with Crippen molar-refractivity contribution >= 4 is 21.8 Å². The second kappa shape index (κ2) is 15.1. The van der Waals surface area contributed by atoms with Gasteiger partial charge in [-0.1, -0.05) is 106 Å². The second-order valence-electron chi connectivity index (χ2n) is 18.2. The molecule has 7 rings (SSSR count). The number of hydrogen-bond acceptors (Lipinski definition) is 3. The maximum atomic E-state index is 6.87. The van der Waals surface area contributed by atoms with Crippen molar-refractivity contribution in [1.29, 1.82) is 0 Å². The molecule has 0 unspecified atom stereocenters. The molecule has 3 heterocycles. The summed E-state index contributed by atoms with van der Waals surface area (Å²) in [6.07, 6.45) is 2.94. The van der Waals surface area contributed by atoms with Gasteiger partial charge >= 0.3 is 0 Å². The van der Waals surface area contributed by atoms with E-state index in [0.29, 0.717) is 23.7 Å². The summed E-state index contributed by atoms with van der Waals surface area (Å²) in [5, 5.41) is 7.64. The molecule has 0 saturated heterocycles. The first kappa shape index (κ1) is 39.1. The average Bonchev–Trinajstić information content (AvgIpc) is 3.62. The molecular weight excluding hydrogens is 685 g/mol. The fourth-order valence-electron chi connectivity index (χ4n) is 8.28. The summed E-state index contributed by atoms with van der Waals surface area (Å²) in [4.78, 5) is 4.88. The van der Waals surface area contributed by atoms with Gasteiger partial charge in [0.2, 0.25) is 0 Å². The zero-order chi connectivity index (χ0) is 40.2. The van der Waals surface area contributed by atoms with Crippen LogP contribution in [0.15, 0.2) is 91.1 Å². The number of benzene rings is 4. The molecule has 4 aromatic carbocycles. The molecule has 0 aliphatic rings. The number of aromatic nitrogens is 4. The summed E-state index contributed by atoms with van der Waals surface area (Å²) in [7, 11) is 0. The highest BCUT2D eigenvalue weighted by molar-refractivity contribution is 6.09. The number of ether oxygens (including phenoxy) is 1. The first-order valence-electron chi connectivity index (χ1n) is 20.6. The lowest BCUT2D eigenvalue weighted by molar-refractivity contribution is 0.478. The minimum absolute atomic E-state index is 0.113. The van der Waals surface area contributed by atoms with E-state index >= 15 is 0 Å². The van der Waals surface area contributed by atoms with Crippen molar-refractivity contribution in [2.24, 2.45) is 5.92 Å². The average molecular weight is 745 g/mol. The Hall–Kier alpha value is -5.16. The Labute approximate surface area is 334 Å². The van der Waals surface area contributed by atoms with Crippen LogP contribution in [0.3, 0.4) is 0 Å². The Kier molecular flexibility index (Phi) is 10.5. The van der Waals surface area contributed by atoms with Gasteiger partial charge in [0.05, 0.1) is 22.4 Å². The van der Waals surface area contributed by atoms with Crippen molar-refractivity contribution in [1.82, 2.24) is 19.3 Å². The third-order valence-electron chi connectivity index (χ3n) is 11.2. The first-order chi connectivity index (χ1) is 26.5. The number of hydrogen-bond donors (Lipinski definition) is 0. The van der Waals surface area contributed by atoms with Crippen molar-refractivity contribution < 1.29 is 4.74 Å². The molecule has 0 amide bonds. The number of pyridine rings is 1. The molecule has 0 aliphatic heterocycles. The lowest BCUT2D eigenvalue weighted by Gasteiger charge is -2.24. The second-order valence-corrected chi connectivity index (χ2v) is 18.2. The summed E-state index contributed by atoms with van der Waals surface area (Å²) in [5.41, 5.74) is 14.5. The fraction of sp³-hybridized carbons (Fsp3) is 0.373. The quantitative estimate of drug-likeness (QED) is 0.140. The maximum absolute atomic E-state index is 6.87. The summed E-state index contributed by atoms with van der Waals surface area (Å²) in [6.45, 7) is 29.5. The van der Waals surface area contributed by atoms with Crippen molar-refractivity contribution in [3.8, 4) is 34.1 Å². The van der Waals surface area contributed by atoms with Crippen LogP contribution in [-0.4, -0.2) is 19.3 Å². The standard InChI is InChI=1S/C51H60N4O/c1-30(2)22-36-20-21-52-48(23-36)54-46-17-15-14-16-42(46)43-19-18-40(29-47(43)54)56-41-27-38(51(11,12)13)26-39(28-41)55-35(10)49(34(9)53-55)50-44(32(5)6)24-37(31(3)4)25-45(50)33(7)8/h14-21,23-33H,22H2,1-13H3.